The fraction of sp³-hybridized carbons (Fsp3) is 0.577. The van der Waals surface area contributed by atoms with Crippen molar-refractivity contribution in [2.75, 3.05) is 0 Å². The summed E-state index contributed by atoms with van der Waals surface area (Å²) < 4.78 is 29.7. The Bertz CT molecular complexity index is 1270. The molecule has 3 aromatic heterocycles. The van der Waals surface area contributed by atoms with Gasteiger partial charge < -0.3 is 10.6 Å². The SMILES string of the molecule is CC(C)n1nccc1C(=O)NCc1cn2ncc([C@H](CC3CCC3)NC(=O)CC3CC(F)(F)C3)cc2n1. The fourth-order valence-corrected chi connectivity index (χ4v) is 5.17. The van der Waals surface area contributed by atoms with E-state index in [-0.39, 0.29) is 55.6 Å². The van der Waals surface area contributed by atoms with Crippen LogP contribution in [0, 0.1) is 11.8 Å². The van der Waals surface area contributed by atoms with Crippen LogP contribution < -0.4 is 10.6 Å². The number of halogens is 2. The zero-order valence-electron chi connectivity index (χ0n) is 21.2. The van der Waals surface area contributed by atoms with Crippen molar-refractivity contribution in [3.63, 3.8) is 0 Å². The molecular formula is C26H33F2N7O2. The number of aromatic nitrogens is 5. The highest BCUT2D eigenvalue weighted by atomic mass is 19.3. The van der Waals surface area contributed by atoms with E-state index < -0.39 is 5.92 Å². The van der Waals surface area contributed by atoms with Crippen molar-refractivity contribution in [1.82, 2.24) is 35.0 Å². The van der Waals surface area contributed by atoms with E-state index in [0.29, 0.717) is 23.0 Å². The van der Waals surface area contributed by atoms with Crippen LogP contribution in [0.15, 0.2) is 30.7 Å². The molecule has 37 heavy (non-hydrogen) atoms. The van der Waals surface area contributed by atoms with Crippen molar-refractivity contribution in [2.45, 2.75) is 83.3 Å². The molecule has 0 aromatic carbocycles. The molecule has 3 heterocycles. The molecule has 3 aromatic rings. The van der Waals surface area contributed by atoms with Gasteiger partial charge in [0.25, 0.3) is 5.91 Å². The Morgan fingerprint density at radius 1 is 1.19 bits per heavy atom. The Balaban J connectivity index is 1.25. The topological polar surface area (TPSA) is 106 Å². The summed E-state index contributed by atoms with van der Waals surface area (Å²) in [5.41, 5.74) is 2.59. The number of fused-ring (bicyclic) bond motifs is 1. The van der Waals surface area contributed by atoms with E-state index in [1.54, 1.807) is 33.9 Å². The van der Waals surface area contributed by atoms with Gasteiger partial charge in [0.15, 0.2) is 5.65 Å². The lowest BCUT2D eigenvalue weighted by Gasteiger charge is -2.35. The normalized spacial score (nSPS) is 18.4. The van der Waals surface area contributed by atoms with Gasteiger partial charge in [0.2, 0.25) is 11.8 Å². The van der Waals surface area contributed by atoms with E-state index in [1.807, 2.05) is 19.9 Å². The number of nitrogens with zero attached hydrogens (tertiary/aromatic N) is 5. The maximum absolute atomic E-state index is 13.2. The second-order valence-electron chi connectivity index (χ2n) is 10.7. The number of hydrogen-bond donors (Lipinski definition) is 2. The highest BCUT2D eigenvalue weighted by molar-refractivity contribution is 5.92. The quantitative estimate of drug-likeness (QED) is 0.422. The van der Waals surface area contributed by atoms with Crippen LogP contribution in [0.1, 0.15) is 92.6 Å². The highest BCUT2D eigenvalue weighted by Gasteiger charge is 2.45. The van der Waals surface area contributed by atoms with Gasteiger partial charge in [0, 0.05) is 31.5 Å². The van der Waals surface area contributed by atoms with Gasteiger partial charge in [-0.15, -0.1) is 0 Å². The summed E-state index contributed by atoms with van der Waals surface area (Å²) in [6.45, 7) is 4.15. The molecule has 0 spiro atoms. The van der Waals surface area contributed by atoms with Crippen molar-refractivity contribution in [3.8, 4) is 0 Å². The molecule has 11 heteroatoms. The van der Waals surface area contributed by atoms with E-state index in [2.05, 4.69) is 25.8 Å². The van der Waals surface area contributed by atoms with Crippen LogP contribution in [-0.4, -0.2) is 42.1 Å². The number of rotatable bonds is 10. The number of alkyl halides is 2. The Morgan fingerprint density at radius 3 is 2.65 bits per heavy atom. The van der Waals surface area contributed by atoms with Gasteiger partial charge >= 0.3 is 0 Å². The first-order valence-corrected chi connectivity index (χ1v) is 13.0. The molecular weight excluding hydrogens is 480 g/mol. The monoisotopic (exact) mass is 513 g/mol. The van der Waals surface area contributed by atoms with Crippen LogP contribution in [0.5, 0.6) is 0 Å². The van der Waals surface area contributed by atoms with Crippen LogP contribution in [0.4, 0.5) is 8.78 Å². The largest absolute Gasteiger partial charge is 0.349 e. The Morgan fingerprint density at radius 2 is 1.97 bits per heavy atom. The van der Waals surface area contributed by atoms with Crippen molar-refractivity contribution >= 4 is 17.5 Å². The number of amides is 2. The van der Waals surface area contributed by atoms with Crippen molar-refractivity contribution in [3.05, 3.63) is 47.7 Å². The number of carbonyl (C=O) groups excluding carboxylic acids is 2. The Hall–Kier alpha value is -3.37. The molecule has 9 nitrogen and oxygen atoms in total. The lowest BCUT2D eigenvalue weighted by Crippen LogP contribution is -2.39. The second-order valence-corrected chi connectivity index (χ2v) is 10.7. The van der Waals surface area contributed by atoms with Crippen LogP contribution in [0.25, 0.3) is 5.65 Å². The van der Waals surface area contributed by atoms with Crippen LogP contribution in [-0.2, 0) is 11.3 Å². The minimum Gasteiger partial charge on any atom is -0.349 e. The fourth-order valence-electron chi connectivity index (χ4n) is 5.17. The number of carbonyl (C=O) groups is 2. The maximum Gasteiger partial charge on any atom is 0.269 e. The Kier molecular flexibility index (Phi) is 6.96. The summed E-state index contributed by atoms with van der Waals surface area (Å²) in [7, 11) is 0. The molecule has 0 unspecified atom stereocenters. The van der Waals surface area contributed by atoms with Gasteiger partial charge in [-0.05, 0) is 49.8 Å². The lowest BCUT2D eigenvalue weighted by molar-refractivity contribution is -0.134. The minimum atomic E-state index is -2.63. The molecule has 0 radical (unpaired) electrons. The van der Waals surface area contributed by atoms with E-state index in [4.69, 9.17) is 0 Å². The van der Waals surface area contributed by atoms with Crippen molar-refractivity contribution in [2.24, 2.45) is 11.8 Å². The molecule has 2 saturated carbocycles. The zero-order chi connectivity index (χ0) is 26.2. The van der Waals surface area contributed by atoms with Crippen LogP contribution in [0.3, 0.4) is 0 Å². The maximum atomic E-state index is 13.2. The van der Waals surface area contributed by atoms with E-state index >= 15 is 0 Å². The smallest absolute Gasteiger partial charge is 0.269 e. The average Bonchev–Trinajstić information content (AvgIpc) is 3.44. The molecule has 0 bridgehead atoms. The molecule has 1 atom stereocenters. The van der Waals surface area contributed by atoms with Crippen molar-refractivity contribution < 1.29 is 18.4 Å². The summed E-state index contributed by atoms with van der Waals surface area (Å²) in [5.74, 6) is -2.79. The standard InChI is InChI=1S/C26H33F2N7O2/c1-16(2)35-22(6-7-30-35)25(37)29-14-20-15-34-23(32-20)10-19(13-31-34)21(8-17-4-3-5-17)33-24(36)9-18-11-26(27,28)12-18/h6-7,10,13,15-18,21H,3-5,8-9,11-12,14H2,1-2H3,(H,29,37)(H,33,36)/t21-/m0/s1. The summed E-state index contributed by atoms with van der Waals surface area (Å²) >= 11 is 0. The minimum absolute atomic E-state index is 0.0663. The predicted molar refractivity (Wildman–Crippen MR) is 132 cm³/mol. The average molecular weight is 514 g/mol. The third-order valence-corrected chi connectivity index (χ3v) is 7.39. The van der Waals surface area contributed by atoms with Crippen LogP contribution >= 0.6 is 0 Å². The first-order valence-electron chi connectivity index (χ1n) is 13.0. The van der Waals surface area contributed by atoms with Gasteiger partial charge in [-0.2, -0.15) is 10.2 Å². The molecule has 2 fully saturated rings. The molecule has 0 aliphatic heterocycles. The molecule has 198 valence electrons. The van der Waals surface area contributed by atoms with Gasteiger partial charge in [0.05, 0.1) is 30.7 Å². The number of nitrogens with one attached hydrogen (secondary N) is 2. The Labute approximate surface area is 214 Å². The van der Waals surface area contributed by atoms with Gasteiger partial charge in [0.1, 0.15) is 5.69 Å². The van der Waals surface area contributed by atoms with E-state index in [1.165, 1.54) is 6.42 Å². The third kappa shape index (κ3) is 5.80. The second kappa shape index (κ2) is 10.2. The lowest BCUT2D eigenvalue weighted by atomic mass is 9.78. The van der Waals surface area contributed by atoms with E-state index in [0.717, 1.165) is 24.8 Å². The van der Waals surface area contributed by atoms with Gasteiger partial charge in [-0.25, -0.2) is 18.3 Å². The molecule has 2 amide bonds. The van der Waals surface area contributed by atoms with Gasteiger partial charge in [-0.3, -0.25) is 14.3 Å². The first kappa shape index (κ1) is 25.3. The first-order chi connectivity index (χ1) is 17.7. The van der Waals surface area contributed by atoms with Gasteiger partial charge in [-0.1, -0.05) is 19.3 Å². The zero-order valence-corrected chi connectivity index (χ0v) is 21.2. The molecule has 2 N–H and O–H groups in total. The highest BCUT2D eigenvalue weighted by Crippen LogP contribution is 2.44. The summed E-state index contributed by atoms with van der Waals surface area (Å²) in [5, 5.41) is 14.6. The van der Waals surface area contributed by atoms with Crippen LogP contribution in [0.2, 0.25) is 0 Å². The van der Waals surface area contributed by atoms with E-state index in [9.17, 15) is 18.4 Å². The molecule has 5 rings (SSSR count). The summed E-state index contributed by atoms with van der Waals surface area (Å²) in [6, 6.07) is 3.40. The summed E-state index contributed by atoms with van der Waals surface area (Å²) in [6.07, 6.45) is 9.00. The summed E-state index contributed by atoms with van der Waals surface area (Å²) in [4.78, 5) is 29.9. The molecule has 2 aliphatic carbocycles. The van der Waals surface area contributed by atoms with Crippen molar-refractivity contribution in [1.29, 1.82) is 0 Å². The third-order valence-electron chi connectivity index (χ3n) is 7.39. The molecule has 2 aliphatic rings. The molecule has 0 saturated heterocycles. The number of hydrogen-bond acceptors (Lipinski definition) is 5. The number of imidazole rings is 1. The predicted octanol–water partition coefficient (Wildman–Crippen LogP) is 4.22.